The number of carbonyl (C=O) groups is 1. The van der Waals surface area contributed by atoms with Gasteiger partial charge in [0.15, 0.2) is 5.65 Å². The largest absolute Gasteiger partial charge is 0.319 e. The summed E-state index contributed by atoms with van der Waals surface area (Å²) >= 11 is 0. The Balaban J connectivity index is 1.48. The Morgan fingerprint density at radius 3 is 3.12 bits per heavy atom. The molecule has 1 fully saturated rings. The van der Waals surface area contributed by atoms with Crippen molar-refractivity contribution in [2.24, 2.45) is 0 Å². The van der Waals surface area contributed by atoms with E-state index in [9.17, 15) is 4.79 Å². The van der Waals surface area contributed by atoms with Crippen LogP contribution in [-0.2, 0) is 13.0 Å². The highest BCUT2D eigenvalue weighted by molar-refractivity contribution is 6.03. The number of aromatic nitrogens is 4. The SMILES string of the molecule is O=C(Nc1cnc2c(c1)CNCC2)c1cc(C2CC2)nc2ccnn12. The van der Waals surface area contributed by atoms with Crippen LogP contribution in [0.4, 0.5) is 5.69 Å². The van der Waals surface area contributed by atoms with Crippen molar-refractivity contribution >= 4 is 17.2 Å². The molecule has 126 valence electrons. The first kappa shape index (κ1) is 14.5. The average Bonchev–Trinajstić information content (AvgIpc) is 3.38. The van der Waals surface area contributed by atoms with Crippen molar-refractivity contribution in [1.29, 1.82) is 0 Å². The van der Waals surface area contributed by atoms with Crippen molar-refractivity contribution < 1.29 is 4.79 Å². The van der Waals surface area contributed by atoms with Crippen molar-refractivity contribution in [3.05, 3.63) is 53.2 Å². The van der Waals surface area contributed by atoms with Gasteiger partial charge in [0.1, 0.15) is 5.69 Å². The summed E-state index contributed by atoms with van der Waals surface area (Å²) in [6.07, 6.45) is 6.60. The number of nitrogens with zero attached hydrogens (tertiary/aromatic N) is 4. The van der Waals surface area contributed by atoms with Gasteiger partial charge >= 0.3 is 0 Å². The van der Waals surface area contributed by atoms with Gasteiger partial charge in [0, 0.05) is 42.9 Å². The Morgan fingerprint density at radius 1 is 1.32 bits per heavy atom. The molecule has 0 aromatic carbocycles. The Bertz CT molecular complexity index is 975. The van der Waals surface area contributed by atoms with Crippen LogP contribution in [-0.4, -0.2) is 32.0 Å². The standard InChI is InChI=1S/C18H18N6O/c25-18(22-13-7-12-9-19-5-3-14(12)20-10-13)16-8-15(11-1-2-11)23-17-4-6-21-24(16)17/h4,6-8,10-11,19H,1-3,5,9H2,(H,22,25). The Morgan fingerprint density at radius 2 is 2.24 bits per heavy atom. The van der Waals surface area contributed by atoms with Crippen LogP contribution < -0.4 is 10.6 Å². The van der Waals surface area contributed by atoms with Crippen LogP contribution in [0.2, 0.25) is 0 Å². The number of fused-ring (bicyclic) bond motifs is 2. The summed E-state index contributed by atoms with van der Waals surface area (Å²) in [6.45, 7) is 1.74. The number of hydrogen-bond donors (Lipinski definition) is 2. The van der Waals surface area contributed by atoms with E-state index in [1.54, 1.807) is 16.9 Å². The smallest absolute Gasteiger partial charge is 0.274 e. The van der Waals surface area contributed by atoms with Crippen LogP contribution in [0, 0.1) is 0 Å². The minimum absolute atomic E-state index is 0.191. The molecular weight excluding hydrogens is 316 g/mol. The Hall–Kier alpha value is -2.80. The molecule has 7 heteroatoms. The van der Waals surface area contributed by atoms with E-state index in [2.05, 4.69) is 25.7 Å². The molecule has 5 rings (SSSR count). The van der Waals surface area contributed by atoms with Crippen LogP contribution >= 0.6 is 0 Å². The first-order chi connectivity index (χ1) is 12.3. The van der Waals surface area contributed by atoms with Gasteiger partial charge in [-0.05, 0) is 30.5 Å². The van der Waals surface area contributed by atoms with E-state index in [4.69, 9.17) is 0 Å². The zero-order valence-corrected chi connectivity index (χ0v) is 13.7. The zero-order chi connectivity index (χ0) is 16.8. The van der Waals surface area contributed by atoms with Gasteiger partial charge in [-0.3, -0.25) is 9.78 Å². The molecule has 1 aliphatic heterocycles. The second kappa shape index (κ2) is 5.63. The van der Waals surface area contributed by atoms with Gasteiger partial charge in [0.2, 0.25) is 0 Å². The van der Waals surface area contributed by atoms with E-state index in [1.807, 2.05) is 18.2 Å². The van der Waals surface area contributed by atoms with E-state index in [0.29, 0.717) is 22.9 Å². The molecule has 7 nitrogen and oxygen atoms in total. The summed E-state index contributed by atoms with van der Waals surface area (Å²) in [4.78, 5) is 21.9. The number of rotatable bonds is 3. The first-order valence-corrected chi connectivity index (χ1v) is 8.62. The molecule has 0 unspecified atom stereocenters. The van der Waals surface area contributed by atoms with Gasteiger partial charge in [-0.2, -0.15) is 5.10 Å². The van der Waals surface area contributed by atoms with Gasteiger partial charge in [0.25, 0.3) is 5.91 Å². The molecule has 0 saturated heterocycles. The fraction of sp³-hybridized carbons (Fsp3) is 0.333. The van der Waals surface area contributed by atoms with Gasteiger partial charge < -0.3 is 10.6 Å². The highest BCUT2D eigenvalue weighted by Gasteiger charge is 2.27. The number of nitrogens with one attached hydrogen (secondary N) is 2. The monoisotopic (exact) mass is 334 g/mol. The summed E-state index contributed by atoms with van der Waals surface area (Å²) in [5.74, 6) is 0.284. The number of pyridine rings is 1. The summed E-state index contributed by atoms with van der Waals surface area (Å²) < 4.78 is 1.59. The highest BCUT2D eigenvalue weighted by atomic mass is 16.2. The number of anilines is 1. The summed E-state index contributed by atoms with van der Waals surface area (Å²) in [5.41, 5.74) is 5.14. The topological polar surface area (TPSA) is 84.2 Å². The van der Waals surface area contributed by atoms with E-state index in [-0.39, 0.29) is 5.91 Å². The minimum atomic E-state index is -0.191. The van der Waals surface area contributed by atoms with E-state index in [1.165, 1.54) is 0 Å². The Kier molecular flexibility index (Phi) is 3.27. The molecule has 3 aromatic rings. The minimum Gasteiger partial charge on any atom is -0.319 e. The lowest BCUT2D eigenvalue weighted by Gasteiger charge is -2.17. The fourth-order valence-electron chi connectivity index (χ4n) is 3.29. The zero-order valence-electron chi connectivity index (χ0n) is 13.7. The van der Waals surface area contributed by atoms with Crippen molar-refractivity contribution in [3.8, 4) is 0 Å². The second-order valence-electron chi connectivity index (χ2n) is 6.65. The van der Waals surface area contributed by atoms with Gasteiger partial charge in [0.05, 0.1) is 18.1 Å². The maximum atomic E-state index is 12.8. The van der Waals surface area contributed by atoms with E-state index in [0.717, 1.165) is 49.3 Å². The number of carbonyl (C=O) groups excluding carboxylic acids is 1. The van der Waals surface area contributed by atoms with Gasteiger partial charge in [-0.1, -0.05) is 0 Å². The summed E-state index contributed by atoms with van der Waals surface area (Å²) in [7, 11) is 0. The van der Waals surface area contributed by atoms with Crippen LogP contribution in [0.1, 0.15) is 46.2 Å². The van der Waals surface area contributed by atoms with E-state index >= 15 is 0 Å². The predicted octanol–water partition coefficient (Wildman–Crippen LogP) is 1.90. The molecule has 25 heavy (non-hydrogen) atoms. The molecule has 4 heterocycles. The lowest BCUT2D eigenvalue weighted by Crippen LogP contribution is -2.25. The molecule has 2 N–H and O–H groups in total. The lowest BCUT2D eigenvalue weighted by atomic mass is 10.1. The average molecular weight is 334 g/mol. The maximum Gasteiger partial charge on any atom is 0.274 e. The molecule has 0 bridgehead atoms. The molecule has 3 aromatic heterocycles. The molecule has 1 amide bonds. The van der Waals surface area contributed by atoms with Crippen LogP contribution in [0.15, 0.2) is 30.6 Å². The second-order valence-corrected chi connectivity index (χ2v) is 6.65. The maximum absolute atomic E-state index is 12.8. The van der Waals surface area contributed by atoms with Crippen LogP contribution in [0.25, 0.3) is 5.65 Å². The van der Waals surface area contributed by atoms with Crippen molar-refractivity contribution in [2.45, 2.75) is 31.7 Å². The summed E-state index contributed by atoms with van der Waals surface area (Å²) in [6, 6.07) is 5.69. The first-order valence-electron chi connectivity index (χ1n) is 8.62. The lowest BCUT2D eigenvalue weighted by molar-refractivity contribution is 0.101. The molecule has 0 radical (unpaired) electrons. The third-order valence-electron chi connectivity index (χ3n) is 4.78. The quantitative estimate of drug-likeness (QED) is 0.764. The Labute approximate surface area is 144 Å². The summed E-state index contributed by atoms with van der Waals surface area (Å²) in [5, 5.41) is 10.5. The number of hydrogen-bond acceptors (Lipinski definition) is 5. The highest BCUT2D eigenvalue weighted by Crippen LogP contribution is 2.39. The molecule has 2 aliphatic rings. The molecule has 0 spiro atoms. The van der Waals surface area contributed by atoms with Crippen molar-refractivity contribution in [1.82, 2.24) is 24.9 Å². The fourth-order valence-corrected chi connectivity index (χ4v) is 3.29. The third kappa shape index (κ3) is 2.66. The predicted molar refractivity (Wildman–Crippen MR) is 92.6 cm³/mol. The van der Waals surface area contributed by atoms with Gasteiger partial charge in [-0.15, -0.1) is 0 Å². The normalized spacial score (nSPS) is 16.6. The number of amides is 1. The van der Waals surface area contributed by atoms with Crippen LogP contribution in [0.3, 0.4) is 0 Å². The van der Waals surface area contributed by atoms with Gasteiger partial charge in [-0.25, -0.2) is 9.50 Å². The van der Waals surface area contributed by atoms with E-state index < -0.39 is 0 Å². The van der Waals surface area contributed by atoms with Crippen molar-refractivity contribution in [2.75, 3.05) is 11.9 Å². The third-order valence-corrected chi connectivity index (χ3v) is 4.78. The molecule has 1 aliphatic carbocycles. The molecule has 0 atom stereocenters. The molecule has 1 saturated carbocycles. The van der Waals surface area contributed by atoms with Crippen LogP contribution in [0.5, 0.6) is 0 Å². The molecular formula is C18H18N6O. The van der Waals surface area contributed by atoms with Crippen molar-refractivity contribution in [3.63, 3.8) is 0 Å².